The third kappa shape index (κ3) is 3.86. The van der Waals surface area contributed by atoms with E-state index in [1.165, 1.54) is 18.5 Å². The zero-order valence-corrected chi connectivity index (χ0v) is 9.09. The minimum absolute atomic E-state index is 0.00367. The molecular weight excluding hydrogens is 261 g/mol. The summed E-state index contributed by atoms with van der Waals surface area (Å²) in [7, 11) is 0. The number of nitrogens with one attached hydrogen (secondary N) is 1. The van der Waals surface area contributed by atoms with Crippen LogP contribution in [0, 0.1) is 0 Å². The van der Waals surface area contributed by atoms with E-state index in [9.17, 15) is 18.0 Å². The zero-order chi connectivity index (χ0) is 13.1. The van der Waals surface area contributed by atoms with E-state index in [4.69, 9.17) is 16.7 Å². The van der Waals surface area contributed by atoms with Crippen molar-refractivity contribution >= 4 is 17.5 Å². The molecule has 0 aliphatic rings. The second-order valence-corrected chi connectivity index (χ2v) is 3.53. The Morgan fingerprint density at radius 1 is 1.59 bits per heavy atom. The van der Waals surface area contributed by atoms with Crippen molar-refractivity contribution in [1.29, 1.82) is 0 Å². The van der Waals surface area contributed by atoms with Gasteiger partial charge in [-0.3, -0.25) is 9.78 Å². The van der Waals surface area contributed by atoms with E-state index in [0.29, 0.717) is 0 Å². The van der Waals surface area contributed by atoms with Crippen LogP contribution in [0.25, 0.3) is 0 Å². The van der Waals surface area contributed by atoms with Crippen molar-refractivity contribution in [2.45, 2.75) is 12.3 Å². The summed E-state index contributed by atoms with van der Waals surface area (Å²) in [5, 5.41) is 10.6. The van der Waals surface area contributed by atoms with Crippen LogP contribution in [0.4, 0.5) is 13.2 Å². The highest BCUT2D eigenvalue weighted by Crippen LogP contribution is 2.19. The fraction of sp³-hybridized carbons (Fsp3) is 0.333. The number of aliphatic hydroxyl groups is 1. The van der Waals surface area contributed by atoms with Gasteiger partial charge in [-0.1, -0.05) is 11.6 Å². The molecule has 2 N–H and O–H groups in total. The van der Waals surface area contributed by atoms with Gasteiger partial charge in [0, 0.05) is 12.4 Å². The Kier molecular flexibility index (Phi) is 4.30. The van der Waals surface area contributed by atoms with Crippen molar-refractivity contribution in [2.75, 3.05) is 6.54 Å². The van der Waals surface area contributed by atoms with Crippen LogP contribution in [-0.2, 0) is 0 Å². The fourth-order valence-corrected chi connectivity index (χ4v) is 1.16. The summed E-state index contributed by atoms with van der Waals surface area (Å²) in [5.74, 6) is -0.805. The summed E-state index contributed by atoms with van der Waals surface area (Å²) in [5.41, 5.74) is -0.00367. The van der Waals surface area contributed by atoms with E-state index >= 15 is 0 Å². The van der Waals surface area contributed by atoms with Crippen molar-refractivity contribution < 1.29 is 23.1 Å². The van der Waals surface area contributed by atoms with Crippen LogP contribution >= 0.6 is 11.6 Å². The number of hydrogen-bond donors (Lipinski definition) is 2. The third-order valence-corrected chi connectivity index (χ3v) is 2.15. The molecule has 0 saturated carbocycles. The first-order valence-corrected chi connectivity index (χ1v) is 4.82. The molecule has 1 amide bonds. The molecule has 1 heterocycles. The molecule has 0 radical (unpaired) electrons. The smallest absolute Gasteiger partial charge is 0.382 e. The fourth-order valence-electron chi connectivity index (χ4n) is 0.960. The summed E-state index contributed by atoms with van der Waals surface area (Å²) >= 11 is 5.62. The van der Waals surface area contributed by atoms with E-state index in [1.54, 1.807) is 0 Å². The topological polar surface area (TPSA) is 62.2 Å². The Morgan fingerprint density at radius 3 is 2.76 bits per heavy atom. The van der Waals surface area contributed by atoms with Gasteiger partial charge >= 0.3 is 6.18 Å². The van der Waals surface area contributed by atoms with Gasteiger partial charge in [0.25, 0.3) is 5.91 Å². The van der Waals surface area contributed by atoms with E-state index < -0.39 is 24.7 Å². The summed E-state index contributed by atoms with van der Waals surface area (Å²) in [6, 6.07) is 1.26. The molecule has 0 bridgehead atoms. The van der Waals surface area contributed by atoms with Crippen molar-refractivity contribution in [3.05, 3.63) is 29.0 Å². The number of aliphatic hydroxyl groups excluding tert-OH is 1. The number of aromatic nitrogens is 1. The quantitative estimate of drug-likeness (QED) is 0.871. The molecule has 1 aromatic rings. The Labute approximate surface area is 99.4 Å². The highest BCUT2D eigenvalue weighted by Gasteiger charge is 2.38. The van der Waals surface area contributed by atoms with Crippen molar-refractivity contribution in [3.63, 3.8) is 0 Å². The number of carbonyl (C=O) groups is 1. The first-order chi connectivity index (χ1) is 7.82. The van der Waals surface area contributed by atoms with Crippen molar-refractivity contribution in [2.24, 2.45) is 0 Å². The lowest BCUT2D eigenvalue weighted by atomic mass is 10.2. The average Bonchev–Trinajstić information content (AvgIpc) is 2.24. The number of nitrogens with zero attached hydrogens (tertiary/aromatic N) is 1. The van der Waals surface area contributed by atoms with E-state index in [0.717, 1.165) is 0 Å². The van der Waals surface area contributed by atoms with E-state index in [1.807, 2.05) is 5.32 Å². The molecule has 17 heavy (non-hydrogen) atoms. The number of alkyl halides is 3. The lowest BCUT2D eigenvalue weighted by Gasteiger charge is -2.15. The Bertz CT molecular complexity index is 411. The van der Waals surface area contributed by atoms with E-state index in [-0.39, 0.29) is 10.6 Å². The molecule has 0 spiro atoms. The number of pyridine rings is 1. The minimum atomic E-state index is -4.77. The molecule has 94 valence electrons. The maximum atomic E-state index is 11.9. The Balaban J connectivity index is 2.60. The highest BCUT2D eigenvalue weighted by molar-refractivity contribution is 6.33. The molecular formula is C9H8ClF3N2O2. The van der Waals surface area contributed by atoms with Crippen molar-refractivity contribution in [3.8, 4) is 0 Å². The van der Waals surface area contributed by atoms with Crippen molar-refractivity contribution in [1.82, 2.24) is 10.3 Å². The third-order valence-electron chi connectivity index (χ3n) is 1.85. The van der Waals surface area contributed by atoms with Gasteiger partial charge in [0.05, 0.1) is 17.1 Å². The van der Waals surface area contributed by atoms with Gasteiger partial charge in [0.1, 0.15) is 0 Å². The second kappa shape index (κ2) is 5.33. The molecule has 8 heteroatoms. The minimum Gasteiger partial charge on any atom is -0.382 e. The van der Waals surface area contributed by atoms with Gasteiger partial charge in [-0.2, -0.15) is 13.2 Å². The SMILES string of the molecule is O=C(NCC(O)C(F)(F)F)c1ccncc1Cl. The summed E-state index contributed by atoms with van der Waals surface area (Å²) in [6.45, 7) is -0.930. The Hall–Kier alpha value is -1.34. The lowest BCUT2D eigenvalue weighted by Crippen LogP contribution is -2.40. The molecule has 1 rings (SSSR count). The van der Waals surface area contributed by atoms with Gasteiger partial charge in [0.2, 0.25) is 0 Å². The Morgan fingerprint density at radius 2 is 2.24 bits per heavy atom. The zero-order valence-electron chi connectivity index (χ0n) is 8.33. The van der Waals surface area contributed by atoms with Gasteiger partial charge in [-0.05, 0) is 6.07 Å². The molecule has 0 aliphatic heterocycles. The van der Waals surface area contributed by atoms with Gasteiger partial charge in [-0.15, -0.1) is 0 Å². The largest absolute Gasteiger partial charge is 0.416 e. The van der Waals surface area contributed by atoms with Gasteiger partial charge in [0.15, 0.2) is 6.10 Å². The molecule has 0 aliphatic carbocycles. The number of carbonyl (C=O) groups excluding carboxylic acids is 1. The van der Waals surface area contributed by atoms with Crippen LogP contribution in [0.1, 0.15) is 10.4 Å². The molecule has 1 atom stereocenters. The van der Waals surface area contributed by atoms with Gasteiger partial charge in [-0.25, -0.2) is 0 Å². The number of amides is 1. The molecule has 0 aromatic carbocycles. The van der Waals surface area contributed by atoms with Gasteiger partial charge < -0.3 is 10.4 Å². The second-order valence-electron chi connectivity index (χ2n) is 3.12. The number of halogens is 4. The first-order valence-electron chi connectivity index (χ1n) is 4.45. The van der Waals surface area contributed by atoms with Crippen LogP contribution in [-0.4, -0.2) is 34.8 Å². The van der Waals surface area contributed by atoms with Crippen LogP contribution in [0.15, 0.2) is 18.5 Å². The van der Waals surface area contributed by atoms with Crippen LogP contribution < -0.4 is 5.32 Å². The lowest BCUT2D eigenvalue weighted by molar-refractivity contribution is -0.201. The normalized spacial score (nSPS) is 13.2. The summed E-state index contributed by atoms with van der Waals surface area (Å²) in [4.78, 5) is 15.0. The monoisotopic (exact) mass is 268 g/mol. The molecule has 0 saturated heterocycles. The predicted molar refractivity (Wildman–Crippen MR) is 53.6 cm³/mol. The first kappa shape index (κ1) is 13.7. The van der Waals surface area contributed by atoms with E-state index in [2.05, 4.69) is 4.98 Å². The maximum Gasteiger partial charge on any atom is 0.416 e. The number of rotatable bonds is 3. The van der Waals surface area contributed by atoms with Crippen LogP contribution in [0.2, 0.25) is 5.02 Å². The highest BCUT2D eigenvalue weighted by atomic mass is 35.5. The molecule has 0 fully saturated rings. The molecule has 4 nitrogen and oxygen atoms in total. The average molecular weight is 269 g/mol. The summed E-state index contributed by atoms with van der Waals surface area (Å²) < 4.78 is 35.8. The van der Waals surface area contributed by atoms with Crippen LogP contribution in [0.3, 0.4) is 0 Å². The standard InChI is InChI=1S/C9H8ClF3N2O2/c10-6-3-14-2-1-5(6)8(17)15-4-7(16)9(11,12)13/h1-3,7,16H,4H2,(H,15,17). The molecule has 1 unspecified atom stereocenters. The maximum absolute atomic E-state index is 11.9. The van der Waals surface area contributed by atoms with Crippen LogP contribution in [0.5, 0.6) is 0 Å². The predicted octanol–water partition coefficient (Wildman–Crippen LogP) is 1.39. The molecule has 1 aromatic heterocycles. The summed E-state index contributed by atoms with van der Waals surface area (Å²) in [6.07, 6.45) is -4.90. The number of hydrogen-bond acceptors (Lipinski definition) is 3.